The van der Waals surface area contributed by atoms with Crippen molar-refractivity contribution in [2.45, 2.75) is 11.3 Å². The Balaban J connectivity index is 2.47. The Morgan fingerprint density at radius 1 is 1.28 bits per heavy atom. The maximum absolute atomic E-state index is 12.4. The Morgan fingerprint density at radius 2 is 1.89 bits per heavy atom. The molecule has 0 aliphatic heterocycles. The summed E-state index contributed by atoms with van der Waals surface area (Å²) in [4.78, 5) is 11.5. The summed E-state index contributed by atoms with van der Waals surface area (Å²) in [5.74, 6) is 0. The van der Waals surface area contributed by atoms with E-state index in [0.717, 1.165) is 12.1 Å². The van der Waals surface area contributed by atoms with Gasteiger partial charge in [-0.15, -0.1) is 5.10 Å². The van der Waals surface area contributed by atoms with E-state index in [2.05, 4.69) is 10.2 Å². The number of alkyl halides is 3. The van der Waals surface area contributed by atoms with Gasteiger partial charge in [-0.05, 0) is 30.5 Å². The van der Waals surface area contributed by atoms with Crippen LogP contribution in [0, 0.1) is 0 Å². The molecule has 8 heteroatoms. The summed E-state index contributed by atoms with van der Waals surface area (Å²) in [7, 11) is 0. The van der Waals surface area contributed by atoms with Crippen molar-refractivity contribution in [2.24, 2.45) is 0 Å². The zero-order valence-electron chi connectivity index (χ0n) is 9.15. The molecule has 0 aliphatic rings. The van der Waals surface area contributed by atoms with E-state index in [0.29, 0.717) is 10.8 Å². The number of aromatic nitrogens is 3. The van der Waals surface area contributed by atoms with Crippen molar-refractivity contribution >= 4 is 11.8 Å². The summed E-state index contributed by atoms with van der Waals surface area (Å²) in [5.41, 5.74) is -0.904. The summed E-state index contributed by atoms with van der Waals surface area (Å²) in [6, 6.07) is 4.33. The van der Waals surface area contributed by atoms with Crippen LogP contribution in [0.5, 0.6) is 0 Å². The van der Waals surface area contributed by atoms with Gasteiger partial charge in [0, 0.05) is 0 Å². The van der Waals surface area contributed by atoms with Gasteiger partial charge in [0.25, 0.3) is 0 Å². The zero-order valence-corrected chi connectivity index (χ0v) is 9.97. The minimum atomic E-state index is -4.39. The Kier molecular flexibility index (Phi) is 3.20. The Hall–Kier alpha value is -1.70. The van der Waals surface area contributed by atoms with E-state index in [-0.39, 0.29) is 0 Å². The van der Waals surface area contributed by atoms with Gasteiger partial charge < -0.3 is 0 Å². The first-order chi connectivity index (χ1) is 8.43. The Morgan fingerprint density at radius 3 is 2.39 bits per heavy atom. The molecule has 18 heavy (non-hydrogen) atoms. The van der Waals surface area contributed by atoms with E-state index in [1.807, 2.05) is 0 Å². The molecule has 0 spiro atoms. The molecule has 2 aromatic rings. The van der Waals surface area contributed by atoms with Gasteiger partial charge in [-0.2, -0.15) is 13.2 Å². The van der Waals surface area contributed by atoms with Crippen LogP contribution in [0.25, 0.3) is 5.69 Å². The van der Waals surface area contributed by atoms with Crippen molar-refractivity contribution in [3.05, 3.63) is 40.3 Å². The van der Waals surface area contributed by atoms with Gasteiger partial charge in [0.1, 0.15) is 0 Å². The van der Waals surface area contributed by atoms with Crippen LogP contribution in [0.3, 0.4) is 0 Å². The van der Waals surface area contributed by atoms with E-state index in [1.165, 1.54) is 28.5 Å². The van der Waals surface area contributed by atoms with Gasteiger partial charge in [-0.25, -0.2) is 14.5 Å². The molecule has 0 amide bonds. The van der Waals surface area contributed by atoms with Crippen LogP contribution in [0.15, 0.2) is 34.2 Å². The number of nitrogens with one attached hydrogen (secondary N) is 1. The van der Waals surface area contributed by atoms with Crippen molar-refractivity contribution in [2.75, 3.05) is 6.26 Å². The summed E-state index contributed by atoms with van der Waals surface area (Å²) in [6.45, 7) is 0. The number of benzene rings is 1. The highest BCUT2D eigenvalue weighted by atomic mass is 32.2. The minimum Gasteiger partial charge on any atom is -0.246 e. The highest BCUT2D eigenvalue weighted by molar-refractivity contribution is 7.98. The quantitative estimate of drug-likeness (QED) is 0.856. The first kappa shape index (κ1) is 12.7. The summed E-state index contributed by atoms with van der Waals surface area (Å²) < 4.78 is 38.4. The van der Waals surface area contributed by atoms with Crippen LogP contribution in [-0.4, -0.2) is 21.0 Å². The molecule has 0 saturated heterocycles. The lowest BCUT2D eigenvalue weighted by atomic mass is 10.2. The predicted octanol–water partition coefficient (Wildman–Crippen LogP) is 2.30. The average Bonchev–Trinajstić information content (AvgIpc) is 2.69. The van der Waals surface area contributed by atoms with Crippen molar-refractivity contribution < 1.29 is 13.2 Å². The Bertz CT molecular complexity index is 600. The van der Waals surface area contributed by atoms with Gasteiger partial charge in [0.05, 0.1) is 11.3 Å². The monoisotopic (exact) mass is 275 g/mol. The SMILES string of the molecule is CSc1n[nH]c(=O)n1-c1ccc(C(F)(F)F)cc1. The van der Waals surface area contributed by atoms with Gasteiger partial charge >= 0.3 is 11.9 Å². The van der Waals surface area contributed by atoms with E-state index in [1.54, 1.807) is 6.26 Å². The second-order valence-electron chi connectivity index (χ2n) is 3.40. The molecule has 96 valence electrons. The number of halogens is 3. The first-order valence-corrected chi connectivity index (χ1v) is 6.05. The molecule has 0 unspecified atom stereocenters. The highest BCUT2D eigenvalue weighted by Crippen LogP contribution is 2.29. The number of aromatic amines is 1. The number of hydrogen-bond acceptors (Lipinski definition) is 3. The van der Waals surface area contributed by atoms with E-state index >= 15 is 0 Å². The summed E-state index contributed by atoms with van der Waals surface area (Å²) in [5, 5.41) is 6.38. The minimum absolute atomic E-state index is 0.339. The molecule has 0 aliphatic carbocycles. The number of thioether (sulfide) groups is 1. The fourth-order valence-electron chi connectivity index (χ4n) is 1.45. The molecule has 2 rings (SSSR count). The van der Waals surface area contributed by atoms with Crippen molar-refractivity contribution in [1.29, 1.82) is 0 Å². The summed E-state index contributed by atoms with van der Waals surface area (Å²) >= 11 is 1.22. The van der Waals surface area contributed by atoms with Gasteiger partial charge in [-0.1, -0.05) is 11.8 Å². The largest absolute Gasteiger partial charge is 0.416 e. The lowest BCUT2D eigenvalue weighted by molar-refractivity contribution is -0.137. The van der Waals surface area contributed by atoms with Crippen LogP contribution >= 0.6 is 11.8 Å². The van der Waals surface area contributed by atoms with Crippen molar-refractivity contribution in [3.8, 4) is 5.69 Å². The lowest BCUT2D eigenvalue weighted by Crippen LogP contribution is -2.15. The predicted molar refractivity (Wildman–Crippen MR) is 61.0 cm³/mol. The van der Waals surface area contributed by atoms with Crippen LogP contribution in [0.4, 0.5) is 13.2 Å². The lowest BCUT2D eigenvalue weighted by Gasteiger charge is -2.08. The van der Waals surface area contributed by atoms with Crippen molar-refractivity contribution in [1.82, 2.24) is 14.8 Å². The topological polar surface area (TPSA) is 50.7 Å². The number of nitrogens with zero attached hydrogens (tertiary/aromatic N) is 2. The molecular formula is C10H8F3N3OS. The standard InChI is InChI=1S/C10H8F3N3OS/c1-18-9-15-14-8(17)16(9)7-4-2-6(3-5-7)10(11,12)13/h2-5H,1H3,(H,14,17). The molecule has 0 saturated carbocycles. The maximum atomic E-state index is 12.4. The second kappa shape index (κ2) is 4.52. The fourth-order valence-corrected chi connectivity index (χ4v) is 1.95. The molecule has 0 atom stereocenters. The number of H-pyrrole nitrogens is 1. The third-order valence-electron chi connectivity index (χ3n) is 2.28. The molecule has 4 nitrogen and oxygen atoms in total. The highest BCUT2D eigenvalue weighted by Gasteiger charge is 2.30. The molecule has 1 aromatic heterocycles. The third-order valence-corrected chi connectivity index (χ3v) is 2.92. The van der Waals surface area contributed by atoms with Crippen LogP contribution in [0.1, 0.15) is 5.56 Å². The molecule has 1 heterocycles. The third kappa shape index (κ3) is 2.28. The second-order valence-corrected chi connectivity index (χ2v) is 4.17. The van der Waals surface area contributed by atoms with Crippen LogP contribution < -0.4 is 5.69 Å². The fraction of sp³-hybridized carbons (Fsp3) is 0.200. The Labute approximate surface area is 104 Å². The van der Waals surface area contributed by atoms with E-state index in [9.17, 15) is 18.0 Å². The first-order valence-electron chi connectivity index (χ1n) is 4.82. The van der Waals surface area contributed by atoms with Crippen LogP contribution in [0.2, 0.25) is 0 Å². The van der Waals surface area contributed by atoms with E-state index < -0.39 is 17.4 Å². The normalized spacial score (nSPS) is 11.8. The van der Waals surface area contributed by atoms with Crippen LogP contribution in [-0.2, 0) is 6.18 Å². The maximum Gasteiger partial charge on any atom is 0.416 e. The molecule has 1 N–H and O–H groups in total. The van der Waals surface area contributed by atoms with E-state index in [4.69, 9.17) is 0 Å². The molecule has 0 bridgehead atoms. The van der Waals surface area contributed by atoms with Crippen molar-refractivity contribution in [3.63, 3.8) is 0 Å². The molecule has 0 fully saturated rings. The smallest absolute Gasteiger partial charge is 0.246 e. The molecular weight excluding hydrogens is 267 g/mol. The number of rotatable bonds is 2. The van der Waals surface area contributed by atoms with Gasteiger partial charge in [-0.3, -0.25) is 0 Å². The summed E-state index contributed by atoms with van der Waals surface area (Å²) in [6.07, 6.45) is -2.67. The molecule has 0 radical (unpaired) electrons. The average molecular weight is 275 g/mol. The zero-order chi connectivity index (χ0) is 13.3. The molecule has 1 aromatic carbocycles. The number of hydrogen-bond donors (Lipinski definition) is 1. The van der Waals surface area contributed by atoms with Gasteiger partial charge in [0.15, 0.2) is 5.16 Å². The van der Waals surface area contributed by atoms with Gasteiger partial charge in [0.2, 0.25) is 0 Å².